The lowest BCUT2D eigenvalue weighted by atomic mass is 10.2. The predicted molar refractivity (Wildman–Crippen MR) is 83.7 cm³/mol. The molecule has 0 spiro atoms. The molecule has 0 aliphatic carbocycles. The summed E-state index contributed by atoms with van der Waals surface area (Å²) in [5.74, 6) is 1.43. The number of aromatic nitrogens is 6. The molecule has 0 aliphatic heterocycles. The first kappa shape index (κ1) is 12.7. The standard InChI is InChI=1S/C16H14N6/c1-10-9-12(7-8-17-10)22-16(18-11(2)21-22)15-13-5-3-4-6-14(13)19-20-15/h3-9H,1-2H3,(H,19,20). The Balaban J connectivity index is 1.97. The van der Waals surface area contributed by atoms with Gasteiger partial charge in [-0.15, -0.1) is 0 Å². The summed E-state index contributed by atoms with van der Waals surface area (Å²) in [6, 6.07) is 11.9. The van der Waals surface area contributed by atoms with Gasteiger partial charge in [-0.3, -0.25) is 10.1 Å². The van der Waals surface area contributed by atoms with E-state index in [0.717, 1.165) is 33.8 Å². The maximum Gasteiger partial charge on any atom is 0.184 e. The molecule has 0 saturated heterocycles. The van der Waals surface area contributed by atoms with Crippen molar-refractivity contribution >= 4 is 10.9 Å². The van der Waals surface area contributed by atoms with Gasteiger partial charge in [-0.25, -0.2) is 9.67 Å². The van der Waals surface area contributed by atoms with Crippen molar-refractivity contribution in [1.82, 2.24) is 29.9 Å². The number of nitrogens with one attached hydrogen (secondary N) is 1. The van der Waals surface area contributed by atoms with Crippen LogP contribution in [0.5, 0.6) is 0 Å². The minimum atomic E-state index is 0.705. The smallest absolute Gasteiger partial charge is 0.184 e. The van der Waals surface area contributed by atoms with Gasteiger partial charge in [-0.05, 0) is 32.0 Å². The van der Waals surface area contributed by atoms with Gasteiger partial charge in [-0.2, -0.15) is 10.2 Å². The fraction of sp³-hybridized carbons (Fsp3) is 0.125. The summed E-state index contributed by atoms with van der Waals surface area (Å²) in [5.41, 5.74) is 3.64. The first-order valence-corrected chi connectivity index (χ1v) is 7.02. The molecule has 3 aromatic heterocycles. The van der Waals surface area contributed by atoms with Crippen LogP contribution in [-0.4, -0.2) is 29.9 Å². The van der Waals surface area contributed by atoms with Gasteiger partial charge < -0.3 is 0 Å². The zero-order valence-corrected chi connectivity index (χ0v) is 12.3. The number of hydrogen-bond donors (Lipinski definition) is 1. The quantitative estimate of drug-likeness (QED) is 0.616. The van der Waals surface area contributed by atoms with E-state index in [1.807, 2.05) is 54.9 Å². The summed E-state index contributed by atoms with van der Waals surface area (Å²) in [5, 5.41) is 13.0. The number of hydrogen-bond acceptors (Lipinski definition) is 4. The van der Waals surface area contributed by atoms with E-state index in [-0.39, 0.29) is 0 Å². The van der Waals surface area contributed by atoms with Crippen molar-refractivity contribution < 1.29 is 0 Å². The van der Waals surface area contributed by atoms with Crippen molar-refractivity contribution in [3.8, 4) is 17.2 Å². The van der Waals surface area contributed by atoms with Crippen LogP contribution < -0.4 is 0 Å². The minimum absolute atomic E-state index is 0.705. The molecule has 0 saturated carbocycles. The predicted octanol–water partition coefficient (Wildman–Crippen LogP) is 2.82. The number of pyridine rings is 1. The zero-order valence-electron chi connectivity index (χ0n) is 12.3. The van der Waals surface area contributed by atoms with Crippen LogP contribution in [0.1, 0.15) is 11.5 Å². The highest BCUT2D eigenvalue weighted by molar-refractivity contribution is 5.91. The van der Waals surface area contributed by atoms with Crippen LogP contribution >= 0.6 is 0 Å². The average molecular weight is 290 g/mol. The monoisotopic (exact) mass is 290 g/mol. The van der Waals surface area contributed by atoms with Crippen molar-refractivity contribution in [2.75, 3.05) is 0 Å². The summed E-state index contributed by atoms with van der Waals surface area (Å²) in [6.07, 6.45) is 1.77. The van der Waals surface area contributed by atoms with Crippen LogP contribution in [0.4, 0.5) is 0 Å². The molecule has 0 amide bonds. The van der Waals surface area contributed by atoms with E-state index < -0.39 is 0 Å². The number of aryl methyl sites for hydroxylation is 2. The van der Waals surface area contributed by atoms with Crippen LogP contribution in [0, 0.1) is 13.8 Å². The summed E-state index contributed by atoms with van der Waals surface area (Å²) in [4.78, 5) is 8.79. The summed E-state index contributed by atoms with van der Waals surface area (Å²) in [7, 11) is 0. The number of H-pyrrole nitrogens is 1. The molecule has 108 valence electrons. The molecule has 4 rings (SSSR count). The van der Waals surface area contributed by atoms with Crippen molar-refractivity contribution in [2.45, 2.75) is 13.8 Å². The third-order valence-corrected chi connectivity index (χ3v) is 3.52. The van der Waals surface area contributed by atoms with Crippen molar-refractivity contribution in [3.63, 3.8) is 0 Å². The Morgan fingerprint density at radius 3 is 2.82 bits per heavy atom. The van der Waals surface area contributed by atoms with E-state index in [9.17, 15) is 0 Å². The van der Waals surface area contributed by atoms with Crippen LogP contribution in [-0.2, 0) is 0 Å². The number of nitrogens with zero attached hydrogens (tertiary/aromatic N) is 5. The molecule has 22 heavy (non-hydrogen) atoms. The van der Waals surface area contributed by atoms with E-state index in [4.69, 9.17) is 0 Å². The molecule has 0 atom stereocenters. The molecule has 0 fully saturated rings. The Bertz CT molecular complexity index is 966. The van der Waals surface area contributed by atoms with Gasteiger partial charge in [-0.1, -0.05) is 18.2 Å². The molecule has 1 aromatic carbocycles. The zero-order chi connectivity index (χ0) is 15.1. The largest absolute Gasteiger partial charge is 0.277 e. The molecular weight excluding hydrogens is 276 g/mol. The topological polar surface area (TPSA) is 72.3 Å². The van der Waals surface area contributed by atoms with Gasteiger partial charge in [0.05, 0.1) is 11.2 Å². The van der Waals surface area contributed by atoms with E-state index >= 15 is 0 Å². The van der Waals surface area contributed by atoms with Crippen LogP contribution in [0.15, 0.2) is 42.6 Å². The highest BCUT2D eigenvalue weighted by atomic mass is 15.4. The molecule has 3 heterocycles. The van der Waals surface area contributed by atoms with Crippen LogP contribution in [0.25, 0.3) is 28.1 Å². The van der Waals surface area contributed by atoms with Gasteiger partial charge in [0.25, 0.3) is 0 Å². The second kappa shape index (κ2) is 4.77. The van der Waals surface area contributed by atoms with E-state index in [1.165, 1.54) is 0 Å². The first-order valence-electron chi connectivity index (χ1n) is 7.02. The summed E-state index contributed by atoms with van der Waals surface area (Å²) >= 11 is 0. The van der Waals surface area contributed by atoms with Gasteiger partial charge >= 0.3 is 0 Å². The van der Waals surface area contributed by atoms with E-state index in [1.54, 1.807) is 6.20 Å². The Morgan fingerprint density at radius 1 is 1.09 bits per heavy atom. The number of para-hydroxylation sites is 1. The lowest BCUT2D eigenvalue weighted by molar-refractivity contribution is 0.860. The molecule has 1 N–H and O–H groups in total. The normalized spacial score (nSPS) is 11.2. The SMILES string of the molecule is Cc1cc(-n2nc(C)nc2-c2n[nH]c3ccccc23)ccn1. The second-order valence-corrected chi connectivity index (χ2v) is 5.17. The number of aromatic amines is 1. The molecule has 4 aromatic rings. The lowest BCUT2D eigenvalue weighted by Crippen LogP contribution is -2.01. The Morgan fingerprint density at radius 2 is 1.95 bits per heavy atom. The van der Waals surface area contributed by atoms with E-state index in [2.05, 4.69) is 25.3 Å². The number of rotatable bonds is 2. The first-order chi connectivity index (χ1) is 10.7. The fourth-order valence-corrected chi connectivity index (χ4v) is 2.54. The Labute approximate surface area is 126 Å². The molecule has 0 aliphatic rings. The average Bonchev–Trinajstić information content (AvgIpc) is 3.10. The summed E-state index contributed by atoms with van der Waals surface area (Å²) in [6.45, 7) is 3.83. The third kappa shape index (κ3) is 1.96. The van der Waals surface area contributed by atoms with Crippen molar-refractivity contribution in [2.24, 2.45) is 0 Å². The highest BCUT2D eigenvalue weighted by Crippen LogP contribution is 2.26. The van der Waals surface area contributed by atoms with Crippen molar-refractivity contribution in [3.05, 3.63) is 54.1 Å². The number of fused-ring (bicyclic) bond motifs is 1. The van der Waals surface area contributed by atoms with Gasteiger partial charge in [0.1, 0.15) is 11.5 Å². The lowest BCUT2D eigenvalue weighted by Gasteiger charge is -2.05. The Kier molecular flexibility index (Phi) is 2.75. The molecule has 0 radical (unpaired) electrons. The molecule has 6 heteroatoms. The van der Waals surface area contributed by atoms with Crippen molar-refractivity contribution in [1.29, 1.82) is 0 Å². The maximum absolute atomic E-state index is 4.56. The Hall–Kier alpha value is -3.02. The van der Waals surface area contributed by atoms with Gasteiger partial charge in [0, 0.05) is 17.3 Å². The summed E-state index contributed by atoms with van der Waals surface area (Å²) < 4.78 is 1.81. The number of benzene rings is 1. The fourth-order valence-electron chi connectivity index (χ4n) is 2.54. The third-order valence-electron chi connectivity index (χ3n) is 3.52. The molecule has 0 bridgehead atoms. The highest BCUT2D eigenvalue weighted by Gasteiger charge is 2.17. The van der Waals surface area contributed by atoms with Gasteiger partial charge in [0.2, 0.25) is 0 Å². The minimum Gasteiger partial charge on any atom is -0.277 e. The second-order valence-electron chi connectivity index (χ2n) is 5.17. The molecular formula is C16H14N6. The maximum atomic E-state index is 4.56. The molecule has 0 unspecified atom stereocenters. The van der Waals surface area contributed by atoms with E-state index in [0.29, 0.717) is 5.82 Å². The van der Waals surface area contributed by atoms with Gasteiger partial charge in [0.15, 0.2) is 5.82 Å². The van der Waals surface area contributed by atoms with Crippen LogP contribution in [0.3, 0.4) is 0 Å². The molecule has 6 nitrogen and oxygen atoms in total. The van der Waals surface area contributed by atoms with Crippen LogP contribution in [0.2, 0.25) is 0 Å².